The average molecular weight is 436 g/mol. The van der Waals surface area contributed by atoms with Crippen molar-refractivity contribution < 1.29 is 18.0 Å². The Balaban J connectivity index is 0.00000420. The van der Waals surface area contributed by atoms with Crippen LogP contribution < -0.4 is 16.2 Å². The van der Waals surface area contributed by atoms with Gasteiger partial charge < -0.3 is 15.6 Å². The fourth-order valence-corrected chi connectivity index (χ4v) is 3.40. The first-order valence-corrected chi connectivity index (χ1v) is 9.05. The van der Waals surface area contributed by atoms with E-state index in [0.29, 0.717) is 29.9 Å². The Morgan fingerprint density at radius 3 is 2.48 bits per heavy atom. The van der Waals surface area contributed by atoms with E-state index in [1.165, 1.54) is 4.90 Å². The second-order valence-corrected chi connectivity index (χ2v) is 6.82. The monoisotopic (exact) mass is 435 g/mol. The van der Waals surface area contributed by atoms with Gasteiger partial charge in [0.2, 0.25) is 5.91 Å². The van der Waals surface area contributed by atoms with Gasteiger partial charge in [-0.2, -0.15) is 18.4 Å². The third-order valence-electron chi connectivity index (χ3n) is 4.99. The van der Waals surface area contributed by atoms with E-state index in [4.69, 9.17) is 5.26 Å². The van der Waals surface area contributed by atoms with E-state index in [1.54, 1.807) is 13.8 Å². The van der Waals surface area contributed by atoms with E-state index >= 15 is 0 Å². The Morgan fingerprint density at radius 2 is 1.93 bits per heavy atom. The van der Waals surface area contributed by atoms with Crippen LogP contribution in [0.15, 0.2) is 4.79 Å². The Morgan fingerprint density at radius 1 is 1.31 bits per heavy atom. The first kappa shape index (κ1) is 24.9. The average Bonchev–Trinajstić information content (AvgIpc) is 2.61. The molecule has 162 valence electrons. The van der Waals surface area contributed by atoms with E-state index in [0.717, 1.165) is 0 Å². The molecule has 1 saturated heterocycles. The van der Waals surface area contributed by atoms with E-state index < -0.39 is 30.2 Å². The Labute approximate surface area is 173 Å². The van der Waals surface area contributed by atoms with E-state index in [1.807, 2.05) is 6.07 Å². The zero-order chi connectivity index (χ0) is 20.9. The number of carbonyl (C=O) groups is 1. The van der Waals surface area contributed by atoms with Crippen LogP contribution in [-0.2, 0) is 11.2 Å². The maximum atomic E-state index is 13.4. The molecule has 2 heterocycles. The van der Waals surface area contributed by atoms with Crippen LogP contribution in [0.4, 0.5) is 13.2 Å². The fraction of sp³-hybridized carbons (Fsp3) is 0.611. The number of pyridine rings is 1. The number of aryl methyl sites for hydroxylation is 1. The molecule has 1 aromatic heterocycles. The van der Waals surface area contributed by atoms with E-state index in [2.05, 4.69) is 15.6 Å². The summed E-state index contributed by atoms with van der Waals surface area (Å²) in [5.74, 6) is -0.507. The quantitative estimate of drug-likeness (QED) is 0.622. The number of nitrogens with one attached hydrogen (secondary N) is 3. The highest BCUT2D eigenvalue weighted by atomic mass is 35.5. The van der Waals surface area contributed by atoms with Crippen LogP contribution >= 0.6 is 12.4 Å². The number of nitrogens with zero attached hydrogens (tertiary/aromatic N) is 2. The Kier molecular flexibility index (Phi) is 9.14. The normalized spacial score (nSPS) is 15.9. The number of aromatic nitrogens is 1. The number of aromatic amines is 1. The molecule has 0 aliphatic carbocycles. The lowest BCUT2D eigenvalue weighted by molar-refractivity contribution is -0.184. The van der Waals surface area contributed by atoms with Gasteiger partial charge in [-0.15, -0.1) is 12.4 Å². The summed E-state index contributed by atoms with van der Waals surface area (Å²) in [6, 6.07) is 0.110. The minimum Gasteiger partial charge on any atom is -0.354 e. The molecule has 1 aromatic rings. The molecule has 1 fully saturated rings. The molecule has 0 aromatic carbocycles. The molecule has 1 aliphatic rings. The summed E-state index contributed by atoms with van der Waals surface area (Å²) in [7, 11) is 0. The molecule has 3 N–H and O–H groups in total. The minimum atomic E-state index is -4.43. The topological polar surface area (TPSA) is 101 Å². The smallest absolute Gasteiger partial charge is 0.354 e. The highest BCUT2D eigenvalue weighted by molar-refractivity contribution is 5.85. The zero-order valence-electron chi connectivity index (χ0n) is 16.3. The van der Waals surface area contributed by atoms with Crippen LogP contribution in [0.2, 0.25) is 0 Å². The van der Waals surface area contributed by atoms with E-state index in [9.17, 15) is 22.8 Å². The highest BCUT2D eigenvalue weighted by Gasteiger charge is 2.43. The summed E-state index contributed by atoms with van der Waals surface area (Å²) in [5, 5.41) is 14.5. The molecule has 7 nitrogen and oxygen atoms in total. The van der Waals surface area contributed by atoms with Gasteiger partial charge in [-0.3, -0.25) is 14.5 Å². The molecule has 1 amide bonds. The van der Waals surface area contributed by atoms with Crippen molar-refractivity contribution in [1.29, 1.82) is 5.26 Å². The lowest BCUT2D eigenvalue weighted by atomic mass is 9.99. The molecule has 1 aliphatic heterocycles. The SMILES string of the molecule is Cc1[nH]c(=O)c(C#N)c(C)c1CCC(=O)NCC(N1CCNCC1)C(F)(F)F.Cl. The second-order valence-electron chi connectivity index (χ2n) is 6.82. The number of hydrogen-bond acceptors (Lipinski definition) is 5. The summed E-state index contributed by atoms with van der Waals surface area (Å²) >= 11 is 0. The number of nitriles is 1. The number of piperazine rings is 1. The van der Waals surface area contributed by atoms with Crippen LogP contribution in [0, 0.1) is 25.2 Å². The van der Waals surface area contributed by atoms with Gasteiger partial charge in [0.05, 0.1) is 0 Å². The van der Waals surface area contributed by atoms with Crippen molar-refractivity contribution in [2.75, 3.05) is 32.7 Å². The molecule has 29 heavy (non-hydrogen) atoms. The largest absolute Gasteiger partial charge is 0.405 e. The lowest BCUT2D eigenvalue weighted by Gasteiger charge is -2.35. The van der Waals surface area contributed by atoms with E-state index in [-0.39, 0.29) is 43.9 Å². The molecule has 1 atom stereocenters. The van der Waals surface area contributed by atoms with Gasteiger partial charge in [0.25, 0.3) is 5.56 Å². The minimum absolute atomic E-state index is 0. The van der Waals surface area contributed by atoms with Crippen LogP contribution in [-0.4, -0.2) is 60.7 Å². The van der Waals surface area contributed by atoms with Gasteiger partial charge in [-0.25, -0.2) is 0 Å². The van der Waals surface area contributed by atoms with Gasteiger partial charge in [-0.1, -0.05) is 0 Å². The number of hydrogen-bond donors (Lipinski definition) is 3. The number of rotatable bonds is 6. The maximum Gasteiger partial charge on any atom is 0.405 e. The summed E-state index contributed by atoms with van der Waals surface area (Å²) in [6.45, 7) is 4.28. The Hall–Kier alpha value is -2.09. The molecule has 1 unspecified atom stereocenters. The number of halogens is 4. The standard InChI is InChI=1S/C18H24F3N5O2.ClH/c1-11-13(12(2)25-17(28)14(11)9-22)3-4-16(27)24-10-15(18(19,20)21)26-7-5-23-6-8-26;/h15,23H,3-8,10H2,1-2H3,(H,24,27)(H,25,28);1H. The first-order chi connectivity index (χ1) is 13.1. The fourth-order valence-electron chi connectivity index (χ4n) is 3.40. The van der Waals surface area contributed by atoms with Crippen molar-refractivity contribution in [3.8, 4) is 6.07 Å². The van der Waals surface area contributed by atoms with Crippen molar-refractivity contribution in [1.82, 2.24) is 20.5 Å². The third-order valence-corrected chi connectivity index (χ3v) is 4.99. The molecule has 0 spiro atoms. The van der Waals surface area contributed by atoms with Crippen molar-refractivity contribution in [3.05, 3.63) is 32.7 Å². The predicted octanol–water partition coefficient (Wildman–Crippen LogP) is 1.17. The van der Waals surface area contributed by atoms with Crippen molar-refractivity contribution >= 4 is 18.3 Å². The van der Waals surface area contributed by atoms with Gasteiger partial charge in [-0.05, 0) is 31.4 Å². The molecule has 11 heteroatoms. The molecule has 2 rings (SSSR count). The van der Waals surface area contributed by atoms with Gasteiger partial charge in [0, 0.05) is 44.8 Å². The van der Waals surface area contributed by atoms with Crippen LogP contribution in [0.5, 0.6) is 0 Å². The zero-order valence-corrected chi connectivity index (χ0v) is 17.1. The second kappa shape index (κ2) is 10.6. The molecule has 0 bridgehead atoms. The van der Waals surface area contributed by atoms with Gasteiger partial charge >= 0.3 is 6.18 Å². The van der Waals surface area contributed by atoms with Crippen molar-refractivity contribution in [3.63, 3.8) is 0 Å². The number of H-pyrrole nitrogens is 1. The van der Waals surface area contributed by atoms with Crippen molar-refractivity contribution in [2.45, 2.75) is 38.9 Å². The van der Waals surface area contributed by atoms with Crippen LogP contribution in [0.3, 0.4) is 0 Å². The summed E-state index contributed by atoms with van der Waals surface area (Å²) in [5.41, 5.74) is 1.18. The van der Waals surface area contributed by atoms with Gasteiger partial charge in [0.15, 0.2) is 0 Å². The maximum absolute atomic E-state index is 13.4. The first-order valence-electron chi connectivity index (χ1n) is 9.05. The van der Waals surface area contributed by atoms with Crippen LogP contribution in [0.25, 0.3) is 0 Å². The number of amides is 1. The molecular formula is C18H25ClF3N5O2. The predicted molar refractivity (Wildman–Crippen MR) is 104 cm³/mol. The summed E-state index contributed by atoms with van der Waals surface area (Å²) < 4.78 is 40.1. The number of carbonyl (C=O) groups excluding carboxylic acids is 1. The summed E-state index contributed by atoms with van der Waals surface area (Å²) in [4.78, 5) is 27.7. The van der Waals surface area contributed by atoms with Gasteiger partial charge in [0.1, 0.15) is 17.7 Å². The molecule has 0 saturated carbocycles. The number of alkyl halides is 3. The Bertz CT molecular complexity index is 813. The third kappa shape index (κ3) is 6.45. The molecular weight excluding hydrogens is 411 g/mol. The highest BCUT2D eigenvalue weighted by Crippen LogP contribution is 2.25. The lowest BCUT2D eigenvalue weighted by Crippen LogP contribution is -2.57. The molecule has 0 radical (unpaired) electrons. The van der Waals surface area contributed by atoms with Crippen molar-refractivity contribution in [2.24, 2.45) is 0 Å². The van der Waals surface area contributed by atoms with Crippen LogP contribution in [0.1, 0.15) is 28.8 Å². The summed E-state index contributed by atoms with van der Waals surface area (Å²) in [6.07, 6.45) is -4.25.